The topological polar surface area (TPSA) is 52.7 Å². The van der Waals surface area contributed by atoms with Gasteiger partial charge in [0.25, 0.3) is 0 Å². The molecule has 1 heterocycles. The van der Waals surface area contributed by atoms with E-state index in [9.17, 15) is 9.59 Å². The Morgan fingerprint density at radius 2 is 1.77 bits per heavy atom. The fourth-order valence-corrected chi connectivity index (χ4v) is 2.75. The van der Waals surface area contributed by atoms with E-state index in [1.165, 1.54) is 0 Å². The van der Waals surface area contributed by atoms with Gasteiger partial charge in [0, 0.05) is 44.2 Å². The van der Waals surface area contributed by atoms with Crippen LogP contribution in [0.25, 0.3) is 0 Å². The van der Waals surface area contributed by atoms with Crippen molar-refractivity contribution < 1.29 is 9.59 Å². The molecule has 1 aromatic rings. The van der Waals surface area contributed by atoms with Crippen molar-refractivity contribution in [3.8, 4) is 0 Å². The molecular formula is C16H22ClN3O2. The molecule has 0 bridgehead atoms. The number of halogens is 1. The molecule has 0 spiro atoms. The number of hydrogen-bond acceptors (Lipinski definition) is 2. The fraction of sp³-hybridized carbons (Fsp3) is 0.500. The summed E-state index contributed by atoms with van der Waals surface area (Å²) >= 11 is 6.10. The van der Waals surface area contributed by atoms with E-state index in [-0.39, 0.29) is 11.9 Å². The Hall–Kier alpha value is -1.75. The van der Waals surface area contributed by atoms with Gasteiger partial charge in [-0.15, -0.1) is 0 Å². The third kappa shape index (κ3) is 4.37. The van der Waals surface area contributed by atoms with E-state index in [1.54, 1.807) is 4.90 Å². The van der Waals surface area contributed by atoms with Crippen LogP contribution in [0.2, 0.25) is 5.02 Å². The molecule has 5 nitrogen and oxygen atoms in total. The van der Waals surface area contributed by atoms with Crippen LogP contribution in [0.1, 0.15) is 18.9 Å². The number of nitrogens with one attached hydrogen (secondary N) is 1. The predicted molar refractivity (Wildman–Crippen MR) is 87.0 cm³/mol. The highest BCUT2D eigenvalue weighted by Gasteiger charge is 2.23. The molecule has 0 radical (unpaired) electrons. The van der Waals surface area contributed by atoms with Crippen molar-refractivity contribution >= 4 is 23.5 Å². The maximum atomic E-state index is 12.2. The molecule has 120 valence electrons. The zero-order valence-corrected chi connectivity index (χ0v) is 13.6. The summed E-state index contributed by atoms with van der Waals surface area (Å²) < 4.78 is 0. The Morgan fingerprint density at radius 1 is 1.14 bits per heavy atom. The molecule has 0 aliphatic carbocycles. The van der Waals surface area contributed by atoms with Crippen molar-refractivity contribution in [2.75, 3.05) is 32.7 Å². The summed E-state index contributed by atoms with van der Waals surface area (Å²) in [5, 5.41) is 3.49. The first-order valence-corrected chi connectivity index (χ1v) is 8.03. The molecular weight excluding hydrogens is 302 g/mol. The van der Waals surface area contributed by atoms with Gasteiger partial charge in [-0.25, -0.2) is 4.79 Å². The maximum Gasteiger partial charge on any atom is 0.317 e. The molecule has 1 saturated heterocycles. The number of nitrogens with zero attached hydrogens (tertiary/aromatic N) is 2. The Morgan fingerprint density at radius 3 is 2.41 bits per heavy atom. The summed E-state index contributed by atoms with van der Waals surface area (Å²) in [4.78, 5) is 27.5. The number of urea groups is 1. The summed E-state index contributed by atoms with van der Waals surface area (Å²) in [6.07, 6.45) is 1.10. The van der Waals surface area contributed by atoms with Gasteiger partial charge in [-0.2, -0.15) is 0 Å². The largest absolute Gasteiger partial charge is 0.339 e. The minimum absolute atomic E-state index is 0.0503. The second-order valence-electron chi connectivity index (χ2n) is 5.29. The van der Waals surface area contributed by atoms with Gasteiger partial charge in [-0.1, -0.05) is 29.8 Å². The molecule has 2 rings (SSSR count). The van der Waals surface area contributed by atoms with E-state index in [0.29, 0.717) is 50.6 Å². The van der Waals surface area contributed by atoms with Gasteiger partial charge in [0.1, 0.15) is 0 Å². The fourth-order valence-electron chi connectivity index (χ4n) is 2.52. The Balaban J connectivity index is 1.78. The van der Waals surface area contributed by atoms with Crippen LogP contribution in [0.3, 0.4) is 0 Å². The Bertz CT molecular complexity index is 528. The first-order chi connectivity index (χ1) is 10.6. The van der Waals surface area contributed by atoms with Crippen LogP contribution in [0, 0.1) is 0 Å². The van der Waals surface area contributed by atoms with E-state index >= 15 is 0 Å². The van der Waals surface area contributed by atoms with E-state index < -0.39 is 0 Å². The molecule has 1 aliphatic rings. The second kappa shape index (κ2) is 8.03. The number of carbonyl (C=O) groups excluding carboxylic acids is 2. The van der Waals surface area contributed by atoms with Crippen LogP contribution in [-0.4, -0.2) is 54.5 Å². The number of carbonyl (C=O) groups is 2. The molecule has 0 unspecified atom stereocenters. The van der Waals surface area contributed by atoms with Crippen molar-refractivity contribution in [1.82, 2.24) is 15.1 Å². The van der Waals surface area contributed by atoms with Crippen LogP contribution >= 0.6 is 11.6 Å². The standard InChI is InChI=1S/C16H22ClN3O2/c1-2-18-16(22)20-11-9-19(10-12-20)15(21)8-7-13-5-3-4-6-14(13)17/h3-6H,2,7-12H2,1H3,(H,18,22). The van der Waals surface area contributed by atoms with E-state index in [1.807, 2.05) is 36.1 Å². The van der Waals surface area contributed by atoms with Crippen molar-refractivity contribution in [2.45, 2.75) is 19.8 Å². The van der Waals surface area contributed by atoms with Gasteiger partial charge < -0.3 is 15.1 Å². The molecule has 1 fully saturated rings. The van der Waals surface area contributed by atoms with E-state index in [2.05, 4.69) is 5.32 Å². The quantitative estimate of drug-likeness (QED) is 0.923. The minimum atomic E-state index is -0.0503. The number of rotatable bonds is 4. The summed E-state index contributed by atoms with van der Waals surface area (Å²) in [6, 6.07) is 7.55. The lowest BCUT2D eigenvalue weighted by Crippen LogP contribution is -2.53. The van der Waals surface area contributed by atoms with Crippen molar-refractivity contribution in [2.24, 2.45) is 0 Å². The summed E-state index contributed by atoms with van der Waals surface area (Å²) in [5.74, 6) is 0.121. The predicted octanol–water partition coefficient (Wildman–Crippen LogP) is 2.15. The smallest absolute Gasteiger partial charge is 0.317 e. The Labute approximate surface area is 136 Å². The van der Waals surface area contributed by atoms with Gasteiger partial charge >= 0.3 is 6.03 Å². The lowest BCUT2D eigenvalue weighted by Gasteiger charge is -2.34. The van der Waals surface area contributed by atoms with Crippen LogP contribution in [0.15, 0.2) is 24.3 Å². The van der Waals surface area contributed by atoms with Crippen LogP contribution in [-0.2, 0) is 11.2 Å². The third-order valence-electron chi connectivity index (χ3n) is 3.81. The van der Waals surface area contributed by atoms with Crippen LogP contribution in [0.4, 0.5) is 4.79 Å². The van der Waals surface area contributed by atoms with Gasteiger partial charge in [0.05, 0.1) is 0 Å². The average molecular weight is 324 g/mol. The molecule has 0 saturated carbocycles. The zero-order valence-electron chi connectivity index (χ0n) is 12.8. The second-order valence-corrected chi connectivity index (χ2v) is 5.70. The zero-order chi connectivity index (χ0) is 15.9. The summed E-state index contributed by atoms with van der Waals surface area (Å²) in [5.41, 5.74) is 0.999. The van der Waals surface area contributed by atoms with E-state index in [0.717, 1.165) is 5.56 Å². The molecule has 22 heavy (non-hydrogen) atoms. The highest BCUT2D eigenvalue weighted by molar-refractivity contribution is 6.31. The maximum absolute atomic E-state index is 12.2. The first kappa shape index (κ1) is 16.6. The summed E-state index contributed by atoms with van der Waals surface area (Å²) in [6.45, 7) is 4.88. The Kier molecular flexibility index (Phi) is 6.07. The molecule has 3 amide bonds. The molecule has 1 aromatic carbocycles. The van der Waals surface area contributed by atoms with Gasteiger partial charge in [0.15, 0.2) is 0 Å². The SMILES string of the molecule is CCNC(=O)N1CCN(C(=O)CCc2ccccc2Cl)CC1. The number of hydrogen-bond donors (Lipinski definition) is 1. The van der Waals surface area contributed by atoms with Gasteiger partial charge in [-0.3, -0.25) is 4.79 Å². The van der Waals surface area contributed by atoms with Crippen LogP contribution in [0.5, 0.6) is 0 Å². The highest BCUT2D eigenvalue weighted by Crippen LogP contribution is 2.17. The molecule has 0 atom stereocenters. The van der Waals surface area contributed by atoms with Crippen LogP contribution < -0.4 is 5.32 Å². The molecule has 1 N–H and O–H groups in total. The summed E-state index contributed by atoms with van der Waals surface area (Å²) in [7, 11) is 0. The number of benzene rings is 1. The normalized spacial score (nSPS) is 14.8. The van der Waals surface area contributed by atoms with E-state index in [4.69, 9.17) is 11.6 Å². The van der Waals surface area contributed by atoms with Crippen molar-refractivity contribution in [1.29, 1.82) is 0 Å². The number of piperazine rings is 1. The molecule has 6 heteroatoms. The minimum Gasteiger partial charge on any atom is -0.339 e. The highest BCUT2D eigenvalue weighted by atomic mass is 35.5. The molecule has 0 aromatic heterocycles. The molecule has 1 aliphatic heterocycles. The monoisotopic (exact) mass is 323 g/mol. The van der Waals surface area contributed by atoms with Crippen molar-refractivity contribution in [3.05, 3.63) is 34.9 Å². The first-order valence-electron chi connectivity index (χ1n) is 7.65. The lowest BCUT2D eigenvalue weighted by molar-refractivity contribution is -0.132. The lowest BCUT2D eigenvalue weighted by atomic mass is 10.1. The average Bonchev–Trinajstić information content (AvgIpc) is 2.54. The van der Waals surface area contributed by atoms with Gasteiger partial charge in [0.2, 0.25) is 5.91 Å². The number of amides is 3. The van der Waals surface area contributed by atoms with Gasteiger partial charge in [-0.05, 0) is 25.0 Å². The van der Waals surface area contributed by atoms with Crippen molar-refractivity contribution in [3.63, 3.8) is 0 Å². The third-order valence-corrected chi connectivity index (χ3v) is 4.18. The number of aryl methyl sites for hydroxylation is 1.